The van der Waals surface area contributed by atoms with Crippen molar-refractivity contribution in [1.82, 2.24) is 19.9 Å². The van der Waals surface area contributed by atoms with Gasteiger partial charge in [-0.15, -0.1) is 0 Å². The number of piperazine rings is 1. The Labute approximate surface area is 162 Å². The number of rotatable bonds is 5. The smallest absolute Gasteiger partial charge is 0.156 e. The van der Waals surface area contributed by atoms with Gasteiger partial charge in [0.15, 0.2) is 5.82 Å². The number of benzene rings is 1. The number of nitrogen functional groups attached to an aromatic ring is 1. The Morgan fingerprint density at radius 1 is 1.04 bits per heavy atom. The van der Waals surface area contributed by atoms with E-state index in [1.807, 2.05) is 30.3 Å². The first kappa shape index (κ1) is 18.0. The van der Waals surface area contributed by atoms with Gasteiger partial charge >= 0.3 is 0 Å². The van der Waals surface area contributed by atoms with Gasteiger partial charge in [0.05, 0.1) is 12.1 Å². The van der Waals surface area contributed by atoms with Gasteiger partial charge in [-0.3, -0.25) is 9.88 Å². The van der Waals surface area contributed by atoms with Crippen molar-refractivity contribution >= 4 is 34.2 Å². The molecule has 27 heavy (non-hydrogen) atoms. The highest BCUT2D eigenvalue weighted by molar-refractivity contribution is 7.99. The lowest BCUT2D eigenvalue weighted by atomic mass is 10.2. The van der Waals surface area contributed by atoms with Crippen molar-refractivity contribution in [2.75, 3.05) is 50.0 Å². The van der Waals surface area contributed by atoms with E-state index in [0.29, 0.717) is 12.2 Å². The predicted molar refractivity (Wildman–Crippen MR) is 108 cm³/mol. The van der Waals surface area contributed by atoms with Crippen molar-refractivity contribution in [3.63, 3.8) is 0 Å². The highest BCUT2D eigenvalue weighted by Crippen LogP contribution is 2.37. The van der Waals surface area contributed by atoms with E-state index < -0.39 is 0 Å². The van der Waals surface area contributed by atoms with Gasteiger partial charge in [-0.1, -0.05) is 30.0 Å². The van der Waals surface area contributed by atoms with E-state index in [9.17, 15) is 0 Å². The Kier molecular flexibility index (Phi) is 5.38. The third kappa shape index (κ3) is 3.83. The van der Waals surface area contributed by atoms with Crippen LogP contribution in [0.5, 0.6) is 0 Å². The lowest BCUT2D eigenvalue weighted by molar-refractivity contribution is 0.188. The second kappa shape index (κ2) is 8.08. The summed E-state index contributed by atoms with van der Waals surface area (Å²) in [6.07, 6.45) is 3.37. The summed E-state index contributed by atoms with van der Waals surface area (Å²) in [5.74, 6) is 0.782. The monoisotopic (exact) mass is 382 g/mol. The van der Waals surface area contributed by atoms with Gasteiger partial charge in [-0.05, 0) is 12.1 Å². The minimum absolute atomic E-state index is 0.190. The summed E-state index contributed by atoms with van der Waals surface area (Å²) in [5, 5.41) is 10.9. The summed E-state index contributed by atoms with van der Waals surface area (Å²) >= 11 is 1.52. The van der Waals surface area contributed by atoms with E-state index in [4.69, 9.17) is 10.8 Å². The third-order valence-electron chi connectivity index (χ3n) is 4.72. The Bertz CT molecular complexity index is 924. The number of pyridine rings is 1. The van der Waals surface area contributed by atoms with Gasteiger partial charge in [0.1, 0.15) is 17.0 Å². The molecular weight excluding hydrogens is 360 g/mol. The van der Waals surface area contributed by atoms with E-state index >= 15 is 0 Å². The fourth-order valence-corrected chi connectivity index (χ4v) is 4.21. The molecule has 0 unspecified atom stereocenters. The third-order valence-corrected chi connectivity index (χ3v) is 5.78. The largest absolute Gasteiger partial charge is 0.395 e. The molecule has 1 aromatic carbocycles. The van der Waals surface area contributed by atoms with Crippen molar-refractivity contribution in [2.45, 2.75) is 9.92 Å². The number of hydrogen-bond donors (Lipinski definition) is 2. The van der Waals surface area contributed by atoms with Crippen LogP contribution in [0, 0.1) is 0 Å². The van der Waals surface area contributed by atoms with Crippen LogP contribution < -0.4 is 10.6 Å². The summed E-state index contributed by atoms with van der Waals surface area (Å²) in [7, 11) is 0. The molecule has 0 radical (unpaired) electrons. The maximum absolute atomic E-state index is 9.09. The van der Waals surface area contributed by atoms with Gasteiger partial charge < -0.3 is 15.7 Å². The quantitative estimate of drug-likeness (QED) is 0.646. The van der Waals surface area contributed by atoms with Crippen LogP contribution in [0.2, 0.25) is 0 Å². The molecule has 1 aliphatic heterocycles. The molecule has 0 aliphatic carbocycles. The first-order valence-corrected chi connectivity index (χ1v) is 9.78. The lowest BCUT2D eigenvalue weighted by Gasteiger charge is -2.35. The Morgan fingerprint density at radius 2 is 1.85 bits per heavy atom. The lowest BCUT2D eigenvalue weighted by Crippen LogP contribution is -2.47. The molecule has 0 spiro atoms. The molecule has 0 bridgehead atoms. The number of fused-ring (bicyclic) bond motifs is 1. The van der Waals surface area contributed by atoms with E-state index in [-0.39, 0.29) is 6.61 Å². The first-order valence-electron chi connectivity index (χ1n) is 8.96. The topological polar surface area (TPSA) is 91.4 Å². The Morgan fingerprint density at radius 3 is 2.67 bits per heavy atom. The molecule has 3 aromatic rings. The SMILES string of the molecule is Nc1c(Sc2cccc3cccnc23)ncnc1N1CCN(CCO)CC1. The molecule has 4 rings (SSSR count). The predicted octanol–water partition coefficient (Wildman–Crippen LogP) is 1.87. The van der Waals surface area contributed by atoms with Crippen LogP contribution in [0.4, 0.5) is 11.5 Å². The molecule has 0 saturated carbocycles. The highest BCUT2D eigenvalue weighted by Gasteiger charge is 2.21. The number of para-hydroxylation sites is 1. The number of nitrogens with two attached hydrogens (primary N) is 1. The van der Waals surface area contributed by atoms with E-state index in [0.717, 1.165) is 52.8 Å². The molecule has 7 nitrogen and oxygen atoms in total. The average Bonchev–Trinajstić information content (AvgIpc) is 2.71. The van der Waals surface area contributed by atoms with Gasteiger partial charge in [0.2, 0.25) is 0 Å². The standard InChI is InChI=1S/C19H22N6OS/c20-16-18(25-9-7-24(8-10-25)11-12-26)22-13-23-19(16)27-15-5-1-3-14-4-2-6-21-17(14)15/h1-6,13,26H,7-12,20H2. The second-order valence-electron chi connectivity index (χ2n) is 6.40. The molecular formula is C19H22N6OS. The molecule has 0 atom stereocenters. The molecule has 1 aliphatic rings. The van der Waals surface area contributed by atoms with Crippen molar-refractivity contribution in [3.8, 4) is 0 Å². The van der Waals surface area contributed by atoms with Crippen LogP contribution in [0.25, 0.3) is 10.9 Å². The van der Waals surface area contributed by atoms with Crippen LogP contribution >= 0.6 is 11.8 Å². The van der Waals surface area contributed by atoms with Crippen LogP contribution in [0.15, 0.2) is 52.8 Å². The van der Waals surface area contributed by atoms with Crippen LogP contribution in [-0.2, 0) is 0 Å². The number of nitrogens with zero attached hydrogens (tertiary/aromatic N) is 5. The van der Waals surface area contributed by atoms with Gasteiger partial charge in [0, 0.05) is 49.2 Å². The van der Waals surface area contributed by atoms with Crippen molar-refractivity contribution < 1.29 is 5.11 Å². The Balaban J connectivity index is 1.57. The van der Waals surface area contributed by atoms with Crippen LogP contribution in [-0.4, -0.2) is 64.3 Å². The number of hydrogen-bond acceptors (Lipinski definition) is 8. The highest BCUT2D eigenvalue weighted by atomic mass is 32.2. The number of β-amino-alcohol motifs (C(OH)–C–C–N with tert-alkyl or cyclic N) is 1. The number of aliphatic hydroxyl groups is 1. The zero-order valence-electron chi connectivity index (χ0n) is 15.0. The summed E-state index contributed by atoms with van der Waals surface area (Å²) < 4.78 is 0. The van der Waals surface area contributed by atoms with Crippen molar-refractivity contribution in [2.24, 2.45) is 0 Å². The molecule has 2 aromatic heterocycles. The zero-order valence-corrected chi connectivity index (χ0v) is 15.8. The fraction of sp³-hybridized carbons (Fsp3) is 0.316. The maximum atomic E-state index is 9.09. The maximum Gasteiger partial charge on any atom is 0.156 e. The van der Waals surface area contributed by atoms with Crippen molar-refractivity contribution in [1.29, 1.82) is 0 Å². The molecule has 0 amide bonds. The molecule has 1 saturated heterocycles. The average molecular weight is 382 g/mol. The van der Waals surface area contributed by atoms with Crippen molar-refractivity contribution in [3.05, 3.63) is 42.9 Å². The van der Waals surface area contributed by atoms with Crippen LogP contribution in [0.3, 0.4) is 0 Å². The normalized spacial score (nSPS) is 15.4. The summed E-state index contributed by atoms with van der Waals surface area (Å²) in [6, 6.07) is 10.1. The molecule has 140 valence electrons. The van der Waals surface area contributed by atoms with E-state index in [1.165, 1.54) is 11.8 Å². The molecule has 3 heterocycles. The summed E-state index contributed by atoms with van der Waals surface area (Å²) in [5.41, 5.74) is 7.99. The minimum Gasteiger partial charge on any atom is -0.395 e. The van der Waals surface area contributed by atoms with Gasteiger partial charge in [0.25, 0.3) is 0 Å². The zero-order chi connectivity index (χ0) is 18.6. The van der Waals surface area contributed by atoms with Crippen LogP contribution in [0.1, 0.15) is 0 Å². The van der Waals surface area contributed by atoms with Gasteiger partial charge in [-0.25, -0.2) is 9.97 Å². The Hall–Kier alpha value is -2.42. The van der Waals surface area contributed by atoms with E-state index in [1.54, 1.807) is 12.5 Å². The second-order valence-corrected chi connectivity index (χ2v) is 7.43. The number of anilines is 2. The van der Waals surface area contributed by atoms with E-state index in [2.05, 4.69) is 24.8 Å². The van der Waals surface area contributed by atoms with Gasteiger partial charge in [-0.2, -0.15) is 0 Å². The summed E-state index contributed by atoms with van der Waals surface area (Å²) in [4.78, 5) is 18.8. The minimum atomic E-state index is 0.190. The molecule has 1 fully saturated rings. The summed E-state index contributed by atoms with van der Waals surface area (Å²) in [6.45, 7) is 4.35. The molecule has 3 N–H and O–H groups in total. The fourth-order valence-electron chi connectivity index (χ4n) is 3.29. The molecule has 8 heteroatoms. The number of aromatic nitrogens is 3. The first-order chi connectivity index (χ1) is 13.3. The number of aliphatic hydroxyl groups excluding tert-OH is 1.